The van der Waals surface area contributed by atoms with Crippen molar-refractivity contribution in [3.05, 3.63) is 46.6 Å². The van der Waals surface area contributed by atoms with Gasteiger partial charge in [-0.25, -0.2) is 4.98 Å². The van der Waals surface area contributed by atoms with Crippen LogP contribution in [0.2, 0.25) is 0 Å². The van der Waals surface area contributed by atoms with E-state index >= 15 is 0 Å². The molecule has 0 saturated carbocycles. The molecule has 8 heteroatoms. The lowest BCUT2D eigenvalue weighted by atomic mass is 10.1. The number of fused-ring (bicyclic) bond motifs is 1. The summed E-state index contributed by atoms with van der Waals surface area (Å²) in [5.41, 5.74) is 1.67. The molecule has 0 radical (unpaired) electrons. The summed E-state index contributed by atoms with van der Waals surface area (Å²) in [4.78, 5) is 18.7. The third-order valence-electron chi connectivity index (χ3n) is 2.78. The number of hydrogen-bond acceptors (Lipinski definition) is 6. The fraction of sp³-hybridized carbons (Fsp3) is 0.0833. The van der Waals surface area contributed by atoms with Gasteiger partial charge in [-0.2, -0.15) is 9.50 Å². The van der Waals surface area contributed by atoms with Gasteiger partial charge < -0.3 is 0 Å². The van der Waals surface area contributed by atoms with E-state index < -0.39 is 4.92 Å². The van der Waals surface area contributed by atoms with E-state index in [2.05, 4.69) is 15.1 Å². The molecule has 0 aliphatic rings. The Kier molecular flexibility index (Phi) is 3.07. The minimum absolute atomic E-state index is 0.0578. The summed E-state index contributed by atoms with van der Waals surface area (Å²) in [5, 5.41) is 15.6. The van der Waals surface area contributed by atoms with Crippen LogP contribution in [0.1, 0.15) is 0 Å². The molecule has 0 fully saturated rings. The van der Waals surface area contributed by atoms with Crippen LogP contribution in [-0.2, 0) is 0 Å². The fourth-order valence-electron chi connectivity index (χ4n) is 1.83. The maximum atomic E-state index is 10.7. The molecule has 3 aromatic rings. The van der Waals surface area contributed by atoms with Crippen molar-refractivity contribution in [2.75, 3.05) is 6.26 Å². The molecular formula is C12H9N5O2S. The summed E-state index contributed by atoms with van der Waals surface area (Å²) < 4.78 is 1.63. The number of hydrogen-bond donors (Lipinski definition) is 0. The van der Waals surface area contributed by atoms with E-state index in [9.17, 15) is 10.1 Å². The number of rotatable bonds is 3. The van der Waals surface area contributed by atoms with Crippen LogP contribution in [0.5, 0.6) is 0 Å². The maximum absolute atomic E-state index is 10.7. The number of benzene rings is 1. The van der Waals surface area contributed by atoms with Crippen LogP contribution in [0.25, 0.3) is 17.0 Å². The number of nitro benzene ring substituents is 1. The fourth-order valence-corrected chi connectivity index (χ4v) is 2.17. The molecule has 2 heterocycles. The summed E-state index contributed by atoms with van der Waals surface area (Å²) in [7, 11) is 0. The summed E-state index contributed by atoms with van der Waals surface area (Å²) in [6, 6.07) is 8.11. The van der Waals surface area contributed by atoms with Crippen LogP contribution in [0, 0.1) is 10.1 Å². The number of nitro groups is 1. The molecule has 2 aromatic heterocycles. The van der Waals surface area contributed by atoms with Crippen LogP contribution < -0.4 is 0 Å². The second kappa shape index (κ2) is 4.89. The third-order valence-corrected chi connectivity index (χ3v) is 3.32. The highest BCUT2D eigenvalue weighted by Gasteiger charge is 2.11. The van der Waals surface area contributed by atoms with Gasteiger partial charge in [0.1, 0.15) is 0 Å². The topological polar surface area (TPSA) is 86.2 Å². The zero-order valence-electron chi connectivity index (χ0n) is 10.4. The van der Waals surface area contributed by atoms with E-state index in [0.29, 0.717) is 10.9 Å². The lowest BCUT2D eigenvalue weighted by Gasteiger charge is -2.02. The molecule has 0 unspecified atom stereocenters. The van der Waals surface area contributed by atoms with Gasteiger partial charge in [0, 0.05) is 23.9 Å². The normalized spacial score (nSPS) is 10.8. The summed E-state index contributed by atoms with van der Waals surface area (Å²) in [6.07, 6.45) is 3.53. The average Bonchev–Trinajstić information content (AvgIpc) is 2.90. The van der Waals surface area contributed by atoms with Crippen molar-refractivity contribution in [1.82, 2.24) is 19.6 Å². The molecule has 100 valence electrons. The van der Waals surface area contributed by atoms with Crippen LogP contribution >= 0.6 is 11.8 Å². The standard InChI is InChI=1S/C12H9N5O2S/c1-20-12-14-11-13-7-6-10(16(11)15-12)8-2-4-9(5-3-8)17(18)19/h2-7H,1H3. The van der Waals surface area contributed by atoms with E-state index in [1.807, 2.05) is 6.26 Å². The van der Waals surface area contributed by atoms with E-state index in [-0.39, 0.29) is 5.69 Å². The third kappa shape index (κ3) is 2.10. The van der Waals surface area contributed by atoms with E-state index in [1.54, 1.807) is 28.9 Å². The SMILES string of the molecule is CSc1nc2nccc(-c3ccc([N+](=O)[O-])cc3)n2n1. The van der Waals surface area contributed by atoms with Crippen molar-refractivity contribution in [3.63, 3.8) is 0 Å². The Morgan fingerprint density at radius 3 is 2.65 bits per heavy atom. The van der Waals surface area contributed by atoms with Gasteiger partial charge in [0.25, 0.3) is 11.5 Å². The van der Waals surface area contributed by atoms with Crippen molar-refractivity contribution in [1.29, 1.82) is 0 Å². The average molecular weight is 287 g/mol. The Labute approximate surface area is 117 Å². The molecule has 0 amide bonds. The molecule has 0 atom stereocenters. The zero-order chi connectivity index (χ0) is 14.1. The lowest BCUT2D eigenvalue weighted by Crippen LogP contribution is -1.96. The summed E-state index contributed by atoms with van der Waals surface area (Å²) >= 11 is 1.43. The van der Waals surface area contributed by atoms with Gasteiger partial charge in [0.05, 0.1) is 10.6 Å². The molecule has 1 aromatic carbocycles. The molecule has 3 rings (SSSR count). The van der Waals surface area contributed by atoms with Crippen LogP contribution in [0.3, 0.4) is 0 Å². The van der Waals surface area contributed by atoms with E-state index in [1.165, 1.54) is 23.9 Å². The van der Waals surface area contributed by atoms with E-state index in [0.717, 1.165) is 11.3 Å². The van der Waals surface area contributed by atoms with Crippen LogP contribution in [-0.4, -0.2) is 30.8 Å². The minimum atomic E-state index is -0.423. The largest absolute Gasteiger partial charge is 0.269 e. The van der Waals surface area contributed by atoms with Gasteiger partial charge in [0.2, 0.25) is 5.16 Å². The highest BCUT2D eigenvalue weighted by Crippen LogP contribution is 2.23. The van der Waals surface area contributed by atoms with Crippen molar-refractivity contribution < 1.29 is 4.92 Å². The first-order valence-electron chi connectivity index (χ1n) is 5.69. The van der Waals surface area contributed by atoms with Crippen molar-refractivity contribution in [3.8, 4) is 11.3 Å². The lowest BCUT2D eigenvalue weighted by molar-refractivity contribution is -0.384. The Morgan fingerprint density at radius 2 is 2.00 bits per heavy atom. The van der Waals surface area contributed by atoms with E-state index in [4.69, 9.17) is 0 Å². The predicted molar refractivity (Wildman–Crippen MR) is 74.7 cm³/mol. The number of non-ortho nitro benzene ring substituents is 1. The number of nitrogens with zero attached hydrogens (tertiary/aromatic N) is 5. The highest BCUT2D eigenvalue weighted by atomic mass is 32.2. The molecule has 20 heavy (non-hydrogen) atoms. The molecule has 0 spiro atoms. The molecule has 0 aliphatic carbocycles. The van der Waals surface area contributed by atoms with Gasteiger partial charge in [-0.15, -0.1) is 5.10 Å². The number of aromatic nitrogens is 4. The zero-order valence-corrected chi connectivity index (χ0v) is 11.2. The Morgan fingerprint density at radius 1 is 1.25 bits per heavy atom. The maximum Gasteiger partial charge on any atom is 0.269 e. The minimum Gasteiger partial charge on any atom is -0.258 e. The predicted octanol–water partition coefficient (Wildman–Crippen LogP) is 2.42. The smallest absolute Gasteiger partial charge is 0.258 e. The molecular weight excluding hydrogens is 278 g/mol. The molecule has 7 nitrogen and oxygen atoms in total. The Balaban J connectivity index is 2.13. The molecule has 0 N–H and O–H groups in total. The van der Waals surface area contributed by atoms with Crippen molar-refractivity contribution >= 4 is 23.2 Å². The molecule has 0 aliphatic heterocycles. The van der Waals surface area contributed by atoms with Gasteiger partial charge >= 0.3 is 0 Å². The Hall–Kier alpha value is -2.48. The quantitative estimate of drug-likeness (QED) is 0.418. The molecule has 0 bridgehead atoms. The monoisotopic (exact) mass is 287 g/mol. The summed E-state index contributed by atoms with van der Waals surface area (Å²) in [5.74, 6) is 0.505. The second-order valence-electron chi connectivity index (χ2n) is 3.94. The van der Waals surface area contributed by atoms with Gasteiger partial charge in [0.15, 0.2) is 0 Å². The van der Waals surface area contributed by atoms with Gasteiger partial charge in [-0.05, 0) is 24.5 Å². The van der Waals surface area contributed by atoms with Gasteiger partial charge in [-0.1, -0.05) is 11.8 Å². The highest BCUT2D eigenvalue weighted by molar-refractivity contribution is 7.98. The number of thioether (sulfide) groups is 1. The Bertz CT molecular complexity index is 784. The van der Waals surface area contributed by atoms with Crippen molar-refractivity contribution in [2.24, 2.45) is 0 Å². The first kappa shape index (κ1) is 12.5. The second-order valence-corrected chi connectivity index (χ2v) is 4.72. The molecule has 0 saturated heterocycles. The van der Waals surface area contributed by atoms with Crippen LogP contribution in [0.4, 0.5) is 5.69 Å². The summed E-state index contributed by atoms with van der Waals surface area (Å²) in [6.45, 7) is 0. The van der Waals surface area contributed by atoms with Gasteiger partial charge in [-0.3, -0.25) is 10.1 Å². The first-order chi connectivity index (χ1) is 9.69. The first-order valence-corrected chi connectivity index (χ1v) is 6.92. The van der Waals surface area contributed by atoms with Crippen LogP contribution in [0.15, 0.2) is 41.7 Å². The van der Waals surface area contributed by atoms with Crippen molar-refractivity contribution in [2.45, 2.75) is 5.16 Å².